The van der Waals surface area contributed by atoms with Crippen molar-refractivity contribution in [2.75, 3.05) is 11.9 Å². The molecule has 2 N–H and O–H groups in total. The Bertz CT molecular complexity index is 858. The molecule has 0 spiro atoms. The third-order valence-electron chi connectivity index (χ3n) is 3.78. The van der Waals surface area contributed by atoms with Crippen molar-refractivity contribution in [3.63, 3.8) is 0 Å². The molecule has 0 aliphatic heterocycles. The maximum absolute atomic E-state index is 12.1. The molecule has 0 heterocycles. The number of nitrogens with one attached hydrogen (secondary N) is 1. The van der Waals surface area contributed by atoms with Gasteiger partial charge in [0.05, 0.1) is 6.10 Å². The summed E-state index contributed by atoms with van der Waals surface area (Å²) in [6, 6.07) is 20.9. The molecule has 0 saturated heterocycles. The first-order valence-corrected chi connectivity index (χ1v) is 7.82. The lowest BCUT2D eigenvalue weighted by molar-refractivity contribution is -0.118. The van der Waals surface area contributed by atoms with Crippen LogP contribution in [0.5, 0.6) is 5.75 Å². The van der Waals surface area contributed by atoms with E-state index < -0.39 is 6.10 Å². The van der Waals surface area contributed by atoms with Gasteiger partial charge in [0.1, 0.15) is 5.75 Å². The third kappa shape index (κ3) is 3.73. The number of hydrogen-bond donors (Lipinski definition) is 2. The van der Waals surface area contributed by atoms with Gasteiger partial charge < -0.3 is 15.2 Å². The van der Waals surface area contributed by atoms with Gasteiger partial charge in [-0.15, -0.1) is 0 Å². The fourth-order valence-corrected chi connectivity index (χ4v) is 2.57. The molecule has 0 fully saturated rings. The second kappa shape index (κ2) is 7.15. The van der Waals surface area contributed by atoms with Gasteiger partial charge in [-0.1, -0.05) is 48.5 Å². The van der Waals surface area contributed by atoms with Crippen LogP contribution in [-0.2, 0) is 4.79 Å². The Labute approximate surface area is 140 Å². The minimum atomic E-state index is -0.650. The Kier molecular flexibility index (Phi) is 4.77. The fraction of sp³-hybridized carbons (Fsp3) is 0.150. The number of carbonyl (C=O) groups is 1. The van der Waals surface area contributed by atoms with Gasteiger partial charge >= 0.3 is 0 Å². The molecule has 3 aromatic carbocycles. The number of aliphatic hydroxyl groups is 1. The Hall–Kier alpha value is -2.85. The minimum Gasteiger partial charge on any atom is -0.484 e. The number of carbonyl (C=O) groups excluding carboxylic acids is 1. The SMILES string of the molecule is CC(O)c1ccccc1NC(=O)COc1ccc2ccccc2c1. The normalized spacial score (nSPS) is 11.9. The molecule has 0 bridgehead atoms. The number of fused-ring (bicyclic) bond motifs is 1. The van der Waals surface area contributed by atoms with Gasteiger partial charge in [-0.25, -0.2) is 0 Å². The number of hydrogen-bond acceptors (Lipinski definition) is 3. The van der Waals surface area contributed by atoms with Crippen LogP contribution in [0, 0.1) is 0 Å². The van der Waals surface area contributed by atoms with Crippen LogP contribution in [-0.4, -0.2) is 17.6 Å². The van der Waals surface area contributed by atoms with Crippen LogP contribution in [0.1, 0.15) is 18.6 Å². The van der Waals surface area contributed by atoms with Gasteiger partial charge in [-0.2, -0.15) is 0 Å². The molecule has 0 radical (unpaired) electrons. The summed E-state index contributed by atoms with van der Waals surface area (Å²) in [5.41, 5.74) is 1.27. The quantitative estimate of drug-likeness (QED) is 0.749. The van der Waals surface area contributed by atoms with Gasteiger partial charge in [-0.05, 0) is 35.9 Å². The van der Waals surface area contributed by atoms with Crippen molar-refractivity contribution in [2.45, 2.75) is 13.0 Å². The Morgan fingerprint density at radius 1 is 1.04 bits per heavy atom. The van der Waals surface area contributed by atoms with Gasteiger partial charge in [0.25, 0.3) is 5.91 Å². The van der Waals surface area contributed by atoms with E-state index in [-0.39, 0.29) is 12.5 Å². The van der Waals surface area contributed by atoms with Gasteiger partial charge in [0, 0.05) is 11.3 Å². The number of ether oxygens (including phenoxy) is 1. The van der Waals surface area contributed by atoms with Crippen LogP contribution in [0.25, 0.3) is 10.8 Å². The molecule has 3 aromatic rings. The molecule has 24 heavy (non-hydrogen) atoms. The van der Waals surface area contributed by atoms with Gasteiger partial charge in [-0.3, -0.25) is 4.79 Å². The number of rotatable bonds is 5. The van der Waals surface area contributed by atoms with E-state index in [4.69, 9.17) is 4.74 Å². The number of aliphatic hydroxyl groups excluding tert-OH is 1. The molecule has 1 unspecified atom stereocenters. The maximum atomic E-state index is 12.1. The van der Waals surface area contributed by atoms with Crippen LogP contribution in [0.15, 0.2) is 66.7 Å². The highest BCUT2D eigenvalue weighted by atomic mass is 16.5. The van der Waals surface area contributed by atoms with Crippen molar-refractivity contribution in [2.24, 2.45) is 0 Å². The van der Waals surface area contributed by atoms with Crippen molar-refractivity contribution in [1.29, 1.82) is 0 Å². The molecule has 0 aromatic heterocycles. The Morgan fingerprint density at radius 2 is 1.75 bits per heavy atom. The summed E-state index contributed by atoms with van der Waals surface area (Å²) < 4.78 is 5.57. The first-order chi connectivity index (χ1) is 11.6. The fourth-order valence-electron chi connectivity index (χ4n) is 2.57. The van der Waals surface area contributed by atoms with Crippen LogP contribution in [0.2, 0.25) is 0 Å². The van der Waals surface area contributed by atoms with E-state index in [0.29, 0.717) is 17.0 Å². The standard InChI is InChI=1S/C20H19NO3/c1-14(22)18-8-4-5-9-19(18)21-20(23)13-24-17-11-10-15-6-2-3-7-16(15)12-17/h2-12,14,22H,13H2,1H3,(H,21,23). The van der Waals surface area contributed by atoms with Crippen LogP contribution in [0.3, 0.4) is 0 Å². The number of anilines is 1. The van der Waals surface area contributed by atoms with Crippen LogP contribution >= 0.6 is 0 Å². The molecule has 4 nitrogen and oxygen atoms in total. The van der Waals surface area contributed by atoms with E-state index in [1.165, 1.54) is 0 Å². The van der Waals surface area contributed by atoms with E-state index in [1.807, 2.05) is 54.6 Å². The maximum Gasteiger partial charge on any atom is 0.262 e. The van der Waals surface area contributed by atoms with Crippen LogP contribution < -0.4 is 10.1 Å². The largest absolute Gasteiger partial charge is 0.484 e. The first kappa shape index (κ1) is 16.0. The lowest BCUT2D eigenvalue weighted by atomic mass is 10.1. The molecule has 1 atom stereocenters. The van der Waals surface area contributed by atoms with E-state index in [1.54, 1.807) is 19.1 Å². The predicted octanol–water partition coefficient (Wildman–Crippen LogP) is 3.91. The zero-order valence-electron chi connectivity index (χ0n) is 13.4. The third-order valence-corrected chi connectivity index (χ3v) is 3.78. The highest BCUT2D eigenvalue weighted by molar-refractivity contribution is 5.92. The second-order valence-corrected chi connectivity index (χ2v) is 5.61. The minimum absolute atomic E-state index is 0.0908. The van der Waals surface area contributed by atoms with E-state index >= 15 is 0 Å². The van der Waals surface area contributed by atoms with Crippen LogP contribution in [0.4, 0.5) is 5.69 Å². The summed E-state index contributed by atoms with van der Waals surface area (Å²) in [5.74, 6) is 0.379. The topological polar surface area (TPSA) is 58.6 Å². The lowest BCUT2D eigenvalue weighted by Crippen LogP contribution is -2.21. The van der Waals surface area contributed by atoms with Gasteiger partial charge in [0.15, 0.2) is 6.61 Å². The molecular weight excluding hydrogens is 302 g/mol. The number of benzene rings is 3. The molecule has 1 amide bonds. The zero-order chi connectivity index (χ0) is 16.9. The van der Waals surface area contributed by atoms with Crippen molar-refractivity contribution in [3.8, 4) is 5.75 Å². The first-order valence-electron chi connectivity index (χ1n) is 7.82. The summed E-state index contributed by atoms with van der Waals surface area (Å²) in [4.78, 5) is 12.1. The molecule has 122 valence electrons. The summed E-state index contributed by atoms with van der Waals surface area (Å²) >= 11 is 0. The average Bonchev–Trinajstić information content (AvgIpc) is 2.60. The number of para-hydroxylation sites is 1. The predicted molar refractivity (Wildman–Crippen MR) is 95.1 cm³/mol. The summed E-state index contributed by atoms with van der Waals surface area (Å²) in [5, 5.41) is 14.7. The summed E-state index contributed by atoms with van der Waals surface area (Å²) in [6.07, 6.45) is -0.650. The number of amides is 1. The molecule has 0 aliphatic rings. The van der Waals surface area contributed by atoms with Crippen molar-refractivity contribution in [1.82, 2.24) is 0 Å². The van der Waals surface area contributed by atoms with E-state index in [9.17, 15) is 9.90 Å². The molecule has 0 aliphatic carbocycles. The van der Waals surface area contributed by atoms with E-state index in [0.717, 1.165) is 10.8 Å². The van der Waals surface area contributed by atoms with Crippen molar-refractivity contribution >= 4 is 22.4 Å². The monoisotopic (exact) mass is 321 g/mol. The second-order valence-electron chi connectivity index (χ2n) is 5.61. The lowest BCUT2D eigenvalue weighted by Gasteiger charge is -2.13. The highest BCUT2D eigenvalue weighted by Crippen LogP contribution is 2.23. The Morgan fingerprint density at radius 3 is 2.54 bits per heavy atom. The molecule has 3 rings (SSSR count). The Balaban J connectivity index is 1.65. The average molecular weight is 321 g/mol. The molecular formula is C20H19NO3. The van der Waals surface area contributed by atoms with Crippen molar-refractivity contribution in [3.05, 3.63) is 72.3 Å². The summed E-state index contributed by atoms with van der Waals surface area (Å²) in [7, 11) is 0. The smallest absolute Gasteiger partial charge is 0.262 e. The van der Waals surface area contributed by atoms with E-state index in [2.05, 4.69) is 5.32 Å². The molecule has 4 heteroatoms. The molecule has 0 saturated carbocycles. The summed E-state index contributed by atoms with van der Waals surface area (Å²) in [6.45, 7) is 1.57. The van der Waals surface area contributed by atoms with Gasteiger partial charge in [0.2, 0.25) is 0 Å². The zero-order valence-corrected chi connectivity index (χ0v) is 13.4. The highest BCUT2D eigenvalue weighted by Gasteiger charge is 2.10. The van der Waals surface area contributed by atoms with Crippen molar-refractivity contribution < 1.29 is 14.6 Å².